The first kappa shape index (κ1) is 11.5. The van der Waals surface area contributed by atoms with Crippen molar-refractivity contribution < 1.29 is 4.52 Å². The lowest BCUT2D eigenvalue weighted by Crippen LogP contribution is -2.04. The molecule has 0 amide bonds. The van der Waals surface area contributed by atoms with Crippen molar-refractivity contribution >= 4 is 23.2 Å². The van der Waals surface area contributed by atoms with Crippen LogP contribution in [-0.4, -0.2) is 12.2 Å². The van der Waals surface area contributed by atoms with E-state index in [0.29, 0.717) is 22.4 Å². The van der Waals surface area contributed by atoms with E-state index in [4.69, 9.17) is 27.7 Å². The lowest BCUT2D eigenvalue weighted by Gasteiger charge is -2.03. The Kier molecular flexibility index (Phi) is 3.49. The topological polar surface area (TPSA) is 38.1 Å². The van der Waals surface area contributed by atoms with Crippen molar-refractivity contribution in [3.05, 3.63) is 40.0 Å². The van der Waals surface area contributed by atoms with Crippen LogP contribution >= 0.6 is 23.2 Å². The van der Waals surface area contributed by atoms with E-state index < -0.39 is 0 Å². The van der Waals surface area contributed by atoms with Gasteiger partial charge in [0, 0.05) is 22.7 Å². The van der Waals surface area contributed by atoms with Gasteiger partial charge in [-0.25, -0.2) is 0 Å². The van der Waals surface area contributed by atoms with Crippen molar-refractivity contribution in [2.75, 3.05) is 7.05 Å². The standard InChI is InChI=1S/C11H10Cl2N2O/c1-14-5-7-6-15-16-11(7)9-4-8(12)2-3-10(9)13/h2-4,6,14H,5H2,1H3. The van der Waals surface area contributed by atoms with E-state index in [1.54, 1.807) is 24.4 Å². The molecule has 1 N–H and O–H groups in total. The number of hydrogen-bond donors (Lipinski definition) is 1. The zero-order valence-electron chi connectivity index (χ0n) is 8.63. The van der Waals surface area contributed by atoms with Gasteiger partial charge >= 0.3 is 0 Å². The molecular formula is C11H10Cl2N2O. The van der Waals surface area contributed by atoms with Gasteiger partial charge in [-0.3, -0.25) is 0 Å². The largest absolute Gasteiger partial charge is 0.356 e. The van der Waals surface area contributed by atoms with Crippen LogP contribution in [0.3, 0.4) is 0 Å². The summed E-state index contributed by atoms with van der Waals surface area (Å²) < 4.78 is 5.21. The Morgan fingerprint density at radius 1 is 1.38 bits per heavy atom. The lowest BCUT2D eigenvalue weighted by atomic mass is 10.1. The first-order valence-electron chi connectivity index (χ1n) is 4.76. The summed E-state index contributed by atoms with van der Waals surface area (Å²) in [7, 11) is 1.86. The van der Waals surface area contributed by atoms with Gasteiger partial charge in [0.1, 0.15) is 0 Å². The second kappa shape index (κ2) is 4.87. The van der Waals surface area contributed by atoms with Crippen LogP contribution in [0.2, 0.25) is 10.0 Å². The molecule has 1 aromatic heterocycles. The minimum Gasteiger partial charge on any atom is -0.356 e. The van der Waals surface area contributed by atoms with E-state index in [9.17, 15) is 0 Å². The monoisotopic (exact) mass is 256 g/mol. The highest BCUT2D eigenvalue weighted by molar-refractivity contribution is 6.35. The normalized spacial score (nSPS) is 10.7. The zero-order chi connectivity index (χ0) is 11.5. The first-order valence-corrected chi connectivity index (χ1v) is 5.51. The van der Waals surface area contributed by atoms with Gasteiger partial charge in [0.05, 0.1) is 11.2 Å². The molecule has 0 unspecified atom stereocenters. The third-order valence-corrected chi connectivity index (χ3v) is 2.75. The molecule has 84 valence electrons. The minimum atomic E-state index is 0.596. The average Bonchev–Trinajstić information content (AvgIpc) is 2.70. The molecule has 0 aliphatic heterocycles. The van der Waals surface area contributed by atoms with Gasteiger partial charge in [-0.15, -0.1) is 0 Å². The molecule has 0 bridgehead atoms. The maximum Gasteiger partial charge on any atom is 0.172 e. The third kappa shape index (κ3) is 2.21. The molecule has 3 nitrogen and oxygen atoms in total. The number of nitrogens with one attached hydrogen (secondary N) is 1. The second-order valence-electron chi connectivity index (χ2n) is 3.33. The SMILES string of the molecule is CNCc1cnoc1-c1cc(Cl)ccc1Cl. The quantitative estimate of drug-likeness (QED) is 0.916. The maximum atomic E-state index is 6.09. The van der Waals surface area contributed by atoms with Crippen molar-refractivity contribution in [1.82, 2.24) is 10.5 Å². The van der Waals surface area contributed by atoms with E-state index in [1.807, 2.05) is 7.05 Å². The number of hydrogen-bond acceptors (Lipinski definition) is 3. The molecule has 1 heterocycles. The van der Waals surface area contributed by atoms with Gasteiger partial charge < -0.3 is 9.84 Å². The van der Waals surface area contributed by atoms with Crippen LogP contribution in [0.1, 0.15) is 5.56 Å². The van der Waals surface area contributed by atoms with Crippen LogP contribution in [0.25, 0.3) is 11.3 Å². The predicted molar refractivity (Wildman–Crippen MR) is 64.7 cm³/mol. The van der Waals surface area contributed by atoms with Crippen LogP contribution in [0, 0.1) is 0 Å². The Bertz CT molecular complexity index is 496. The predicted octanol–water partition coefficient (Wildman–Crippen LogP) is 3.37. The highest BCUT2D eigenvalue weighted by Gasteiger charge is 2.13. The van der Waals surface area contributed by atoms with Crippen molar-refractivity contribution in [2.45, 2.75) is 6.54 Å². The first-order chi connectivity index (χ1) is 7.72. The van der Waals surface area contributed by atoms with E-state index in [0.717, 1.165) is 11.1 Å². The van der Waals surface area contributed by atoms with Gasteiger partial charge in [-0.2, -0.15) is 0 Å². The Hall–Kier alpha value is -1.03. The van der Waals surface area contributed by atoms with E-state index in [1.165, 1.54) is 0 Å². The highest BCUT2D eigenvalue weighted by Crippen LogP contribution is 2.32. The van der Waals surface area contributed by atoms with Gasteiger partial charge in [-0.05, 0) is 25.2 Å². The molecule has 0 saturated carbocycles. The van der Waals surface area contributed by atoms with E-state index >= 15 is 0 Å². The molecule has 2 aromatic rings. The van der Waals surface area contributed by atoms with Crippen molar-refractivity contribution in [2.24, 2.45) is 0 Å². The maximum absolute atomic E-state index is 6.09. The van der Waals surface area contributed by atoms with Crippen molar-refractivity contribution in [3.8, 4) is 11.3 Å². The lowest BCUT2D eigenvalue weighted by molar-refractivity contribution is 0.431. The third-order valence-electron chi connectivity index (χ3n) is 2.18. The summed E-state index contributed by atoms with van der Waals surface area (Å²) in [6.45, 7) is 0.668. The Labute approximate surface area is 103 Å². The van der Waals surface area contributed by atoms with E-state index in [-0.39, 0.29) is 0 Å². The summed E-state index contributed by atoms with van der Waals surface area (Å²) in [5.41, 5.74) is 1.71. The average molecular weight is 257 g/mol. The summed E-state index contributed by atoms with van der Waals surface area (Å²) in [5.74, 6) is 0.654. The van der Waals surface area contributed by atoms with Crippen molar-refractivity contribution in [1.29, 1.82) is 0 Å². The summed E-state index contributed by atoms with van der Waals surface area (Å²) >= 11 is 12.0. The molecule has 5 heteroatoms. The molecule has 0 radical (unpaired) electrons. The second-order valence-corrected chi connectivity index (χ2v) is 4.18. The molecular weight excluding hydrogens is 247 g/mol. The number of benzene rings is 1. The summed E-state index contributed by atoms with van der Waals surface area (Å²) in [4.78, 5) is 0. The molecule has 1 aromatic carbocycles. The van der Waals surface area contributed by atoms with Crippen LogP contribution in [0.5, 0.6) is 0 Å². The Balaban J connectivity index is 2.49. The van der Waals surface area contributed by atoms with Crippen LogP contribution in [0.15, 0.2) is 28.9 Å². The molecule has 0 aliphatic rings. The summed E-state index contributed by atoms with van der Waals surface area (Å²) in [6, 6.07) is 5.25. The zero-order valence-corrected chi connectivity index (χ0v) is 10.1. The van der Waals surface area contributed by atoms with Gasteiger partial charge in [-0.1, -0.05) is 28.4 Å². The Morgan fingerprint density at radius 3 is 2.94 bits per heavy atom. The molecule has 0 aliphatic carbocycles. The molecule has 0 saturated heterocycles. The number of halogens is 2. The summed E-state index contributed by atoms with van der Waals surface area (Å²) in [5, 5.41) is 8.02. The van der Waals surface area contributed by atoms with Gasteiger partial charge in [0.2, 0.25) is 0 Å². The smallest absolute Gasteiger partial charge is 0.172 e. The van der Waals surface area contributed by atoms with Gasteiger partial charge in [0.15, 0.2) is 5.76 Å². The molecule has 16 heavy (non-hydrogen) atoms. The minimum absolute atomic E-state index is 0.596. The fourth-order valence-electron chi connectivity index (χ4n) is 1.47. The number of aromatic nitrogens is 1. The number of nitrogens with zero attached hydrogens (tertiary/aromatic N) is 1. The highest BCUT2D eigenvalue weighted by atomic mass is 35.5. The Morgan fingerprint density at radius 2 is 2.19 bits per heavy atom. The fraction of sp³-hybridized carbons (Fsp3) is 0.182. The van der Waals surface area contributed by atoms with Gasteiger partial charge in [0.25, 0.3) is 0 Å². The molecule has 0 fully saturated rings. The fourth-order valence-corrected chi connectivity index (χ4v) is 1.85. The van der Waals surface area contributed by atoms with Crippen LogP contribution in [0.4, 0.5) is 0 Å². The van der Waals surface area contributed by atoms with E-state index in [2.05, 4.69) is 10.5 Å². The molecule has 0 atom stereocenters. The number of rotatable bonds is 3. The van der Waals surface area contributed by atoms with Crippen molar-refractivity contribution in [3.63, 3.8) is 0 Å². The van der Waals surface area contributed by atoms with Crippen LogP contribution < -0.4 is 5.32 Å². The molecule has 2 rings (SSSR count). The summed E-state index contributed by atoms with van der Waals surface area (Å²) in [6.07, 6.45) is 1.67. The van der Waals surface area contributed by atoms with Crippen LogP contribution in [-0.2, 0) is 6.54 Å². The molecule has 0 spiro atoms.